The summed E-state index contributed by atoms with van der Waals surface area (Å²) in [5.41, 5.74) is 0.458. The largest absolute Gasteiger partial charge is 0.342 e. The summed E-state index contributed by atoms with van der Waals surface area (Å²) in [6, 6.07) is 11.2. The summed E-state index contributed by atoms with van der Waals surface area (Å²) in [6.07, 6.45) is 5.96. The van der Waals surface area contributed by atoms with Crippen LogP contribution in [0.3, 0.4) is 0 Å². The number of carbonyl (C=O) groups is 2. The Morgan fingerprint density at radius 3 is 2.58 bits per heavy atom. The van der Waals surface area contributed by atoms with Crippen molar-refractivity contribution in [2.45, 2.75) is 31.2 Å². The molecule has 0 saturated heterocycles. The summed E-state index contributed by atoms with van der Waals surface area (Å²) >= 11 is 12.2. The van der Waals surface area contributed by atoms with E-state index < -0.39 is 23.2 Å². The zero-order chi connectivity index (χ0) is 22.0. The number of nitrogens with one attached hydrogen (secondary N) is 2. The molecule has 0 atom stereocenters. The molecule has 1 fully saturated rings. The lowest BCUT2D eigenvalue weighted by Gasteiger charge is -2.42. The van der Waals surface area contributed by atoms with Gasteiger partial charge in [0.2, 0.25) is 0 Å². The molecule has 0 spiro atoms. The zero-order valence-electron chi connectivity index (χ0n) is 16.4. The number of amides is 2. The van der Waals surface area contributed by atoms with E-state index in [0.717, 1.165) is 12.0 Å². The van der Waals surface area contributed by atoms with E-state index >= 15 is 0 Å². The van der Waals surface area contributed by atoms with Gasteiger partial charge in [-0.25, -0.2) is 9.07 Å². The van der Waals surface area contributed by atoms with Gasteiger partial charge in [0.05, 0.1) is 5.69 Å². The Morgan fingerprint density at radius 1 is 1.13 bits per heavy atom. The average Bonchev–Trinajstić information content (AvgIpc) is 3.24. The van der Waals surface area contributed by atoms with Crippen LogP contribution in [0.4, 0.5) is 10.1 Å². The normalized spacial score (nSPS) is 14.5. The second kappa shape index (κ2) is 8.69. The highest BCUT2D eigenvalue weighted by Crippen LogP contribution is 2.37. The highest BCUT2D eigenvalue weighted by atomic mass is 35.5. The van der Waals surface area contributed by atoms with Gasteiger partial charge in [0, 0.05) is 28.0 Å². The number of para-hydroxylation sites is 1. The molecule has 9 heteroatoms. The quantitative estimate of drug-likeness (QED) is 0.548. The maximum Gasteiger partial charge on any atom is 0.313 e. The number of anilines is 1. The molecule has 1 aliphatic carbocycles. The van der Waals surface area contributed by atoms with E-state index in [9.17, 15) is 14.0 Å². The molecule has 0 aliphatic heterocycles. The third-order valence-electron chi connectivity index (χ3n) is 5.42. The number of rotatable bonds is 5. The molecule has 0 bridgehead atoms. The number of hydrogen-bond donors (Lipinski definition) is 2. The molecule has 6 nitrogen and oxygen atoms in total. The maximum absolute atomic E-state index is 14.4. The first-order chi connectivity index (χ1) is 14.9. The van der Waals surface area contributed by atoms with Gasteiger partial charge < -0.3 is 10.6 Å². The summed E-state index contributed by atoms with van der Waals surface area (Å²) in [5.74, 6) is -2.45. The topological polar surface area (TPSA) is 76.0 Å². The first-order valence-electron chi connectivity index (χ1n) is 9.73. The van der Waals surface area contributed by atoms with Crippen LogP contribution >= 0.6 is 23.2 Å². The molecule has 3 aromatic rings. The third kappa shape index (κ3) is 4.57. The van der Waals surface area contributed by atoms with E-state index in [1.807, 2.05) is 6.07 Å². The van der Waals surface area contributed by atoms with Crippen LogP contribution in [0.2, 0.25) is 10.0 Å². The Bertz CT molecular complexity index is 1130. The van der Waals surface area contributed by atoms with Crippen molar-refractivity contribution in [2.75, 3.05) is 5.32 Å². The van der Waals surface area contributed by atoms with Crippen molar-refractivity contribution in [1.29, 1.82) is 0 Å². The highest BCUT2D eigenvalue weighted by molar-refractivity contribution is 6.40. The standard InChI is InChI=1S/C22H19Cl2FN4O2/c23-15-7-6-14(16(24)12-15)13-22(8-2-9-22)28-21(31)20(30)27-19-17(25)4-1-5-18(19)29-11-3-10-26-29/h1,3-7,10-12H,2,8-9,13H2,(H,27,30)(H,28,31). The molecule has 1 heterocycles. The fourth-order valence-electron chi connectivity index (χ4n) is 3.69. The molecule has 4 rings (SSSR count). The lowest BCUT2D eigenvalue weighted by Crippen LogP contribution is -2.57. The minimum absolute atomic E-state index is 0.116. The van der Waals surface area contributed by atoms with Crippen LogP contribution in [0.25, 0.3) is 5.69 Å². The van der Waals surface area contributed by atoms with Crippen LogP contribution in [0.1, 0.15) is 24.8 Å². The summed E-state index contributed by atoms with van der Waals surface area (Å²) in [6.45, 7) is 0. The molecular formula is C22H19Cl2FN4O2. The van der Waals surface area contributed by atoms with E-state index in [2.05, 4.69) is 15.7 Å². The molecule has 2 amide bonds. The molecule has 2 aromatic carbocycles. The zero-order valence-corrected chi connectivity index (χ0v) is 17.9. The fraction of sp³-hybridized carbons (Fsp3) is 0.227. The molecule has 1 aromatic heterocycles. The van der Waals surface area contributed by atoms with Gasteiger partial charge in [-0.2, -0.15) is 5.10 Å². The average molecular weight is 461 g/mol. The van der Waals surface area contributed by atoms with Gasteiger partial charge in [0.25, 0.3) is 0 Å². The van der Waals surface area contributed by atoms with E-state index in [0.29, 0.717) is 35.0 Å². The van der Waals surface area contributed by atoms with Crippen molar-refractivity contribution in [1.82, 2.24) is 15.1 Å². The van der Waals surface area contributed by atoms with Gasteiger partial charge in [0.15, 0.2) is 0 Å². The van der Waals surface area contributed by atoms with E-state index in [1.54, 1.807) is 30.5 Å². The van der Waals surface area contributed by atoms with Crippen LogP contribution in [0, 0.1) is 5.82 Å². The Balaban J connectivity index is 1.49. The summed E-state index contributed by atoms with van der Waals surface area (Å²) in [5, 5.41) is 10.3. The van der Waals surface area contributed by atoms with E-state index in [1.165, 1.54) is 23.0 Å². The van der Waals surface area contributed by atoms with E-state index in [4.69, 9.17) is 23.2 Å². The molecule has 0 radical (unpaired) electrons. The molecule has 2 N–H and O–H groups in total. The van der Waals surface area contributed by atoms with Crippen LogP contribution in [-0.2, 0) is 16.0 Å². The van der Waals surface area contributed by atoms with Crippen molar-refractivity contribution < 1.29 is 14.0 Å². The van der Waals surface area contributed by atoms with Crippen molar-refractivity contribution in [3.05, 3.63) is 76.3 Å². The predicted octanol–water partition coefficient (Wildman–Crippen LogP) is 4.54. The molecule has 31 heavy (non-hydrogen) atoms. The first kappa shape index (κ1) is 21.3. The van der Waals surface area contributed by atoms with E-state index in [-0.39, 0.29) is 5.69 Å². The first-order valence-corrected chi connectivity index (χ1v) is 10.5. The molecule has 0 unspecified atom stereocenters. The van der Waals surface area contributed by atoms with Gasteiger partial charge in [-0.1, -0.05) is 35.3 Å². The number of benzene rings is 2. The minimum Gasteiger partial charge on any atom is -0.342 e. The van der Waals surface area contributed by atoms with Gasteiger partial charge >= 0.3 is 11.8 Å². The molecule has 1 aliphatic rings. The lowest BCUT2D eigenvalue weighted by atomic mass is 9.72. The summed E-state index contributed by atoms with van der Waals surface area (Å²) in [7, 11) is 0. The highest BCUT2D eigenvalue weighted by Gasteiger charge is 2.40. The van der Waals surface area contributed by atoms with Crippen LogP contribution in [0.5, 0.6) is 0 Å². The van der Waals surface area contributed by atoms with Crippen molar-refractivity contribution in [2.24, 2.45) is 0 Å². The molecule has 160 valence electrons. The van der Waals surface area contributed by atoms with Gasteiger partial charge in [-0.05, 0) is 61.6 Å². The van der Waals surface area contributed by atoms with Crippen molar-refractivity contribution in [3.63, 3.8) is 0 Å². The SMILES string of the molecule is O=C(Nc1c(F)cccc1-n1cccn1)C(=O)NC1(Cc2ccc(Cl)cc2Cl)CCC1. The molecular weight excluding hydrogens is 442 g/mol. The second-order valence-corrected chi connectivity index (χ2v) is 8.38. The fourth-order valence-corrected chi connectivity index (χ4v) is 4.16. The number of aromatic nitrogens is 2. The Morgan fingerprint density at radius 2 is 1.94 bits per heavy atom. The number of halogens is 3. The van der Waals surface area contributed by atoms with Crippen molar-refractivity contribution in [3.8, 4) is 5.69 Å². The third-order valence-corrected chi connectivity index (χ3v) is 6.01. The monoisotopic (exact) mass is 460 g/mol. The summed E-state index contributed by atoms with van der Waals surface area (Å²) < 4.78 is 15.8. The smallest absolute Gasteiger partial charge is 0.313 e. The Hall–Kier alpha value is -2.90. The lowest BCUT2D eigenvalue weighted by molar-refractivity contribution is -0.138. The Labute approximate surface area is 188 Å². The maximum atomic E-state index is 14.4. The number of carbonyl (C=O) groups excluding carboxylic acids is 2. The van der Waals surface area contributed by atoms with Gasteiger partial charge in [0.1, 0.15) is 11.5 Å². The van der Waals surface area contributed by atoms with Gasteiger partial charge in [-0.3, -0.25) is 9.59 Å². The second-order valence-electron chi connectivity index (χ2n) is 7.54. The minimum atomic E-state index is -0.952. The van der Waals surface area contributed by atoms with Crippen LogP contribution in [-0.4, -0.2) is 27.1 Å². The van der Waals surface area contributed by atoms with Crippen molar-refractivity contribution >= 4 is 40.7 Å². The van der Waals surface area contributed by atoms with Crippen LogP contribution < -0.4 is 10.6 Å². The molecule has 1 saturated carbocycles. The number of nitrogens with zero attached hydrogens (tertiary/aromatic N) is 2. The predicted molar refractivity (Wildman–Crippen MR) is 117 cm³/mol. The van der Waals surface area contributed by atoms with Gasteiger partial charge in [-0.15, -0.1) is 0 Å². The number of hydrogen-bond acceptors (Lipinski definition) is 3. The van der Waals surface area contributed by atoms with Crippen LogP contribution in [0.15, 0.2) is 54.9 Å². The Kier molecular flexibility index (Phi) is 5.98. The summed E-state index contributed by atoms with van der Waals surface area (Å²) in [4.78, 5) is 25.3.